The Kier molecular flexibility index (Phi) is 7.78. The van der Waals surface area contributed by atoms with E-state index in [-0.39, 0.29) is 10.6 Å². The minimum atomic E-state index is -3.79. The van der Waals surface area contributed by atoms with Crippen LogP contribution in [-0.4, -0.2) is 48.1 Å². The van der Waals surface area contributed by atoms with Crippen LogP contribution in [0.4, 0.5) is 5.69 Å². The number of benzene rings is 2. The van der Waals surface area contributed by atoms with Crippen LogP contribution in [-0.2, 0) is 10.0 Å². The summed E-state index contributed by atoms with van der Waals surface area (Å²) in [6, 6.07) is 11.7. The van der Waals surface area contributed by atoms with Gasteiger partial charge in [0.2, 0.25) is 10.0 Å². The molecule has 3 rings (SSSR count). The Morgan fingerprint density at radius 1 is 1.15 bits per heavy atom. The third-order valence-corrected chi connectivity index (χ3v) is 7.44. The average Bonchev–Trinajstić information content (AvgIpc) is 3.17. The molecule has 1 aromatic heterocycles. The van der Waals surface area contributed by atoms with Gasteiger partial charge in [0.25, 0.3) is 5.91 Å². The van der Waals surface area contributed by atoms with E-state index in [1.807, 2.05) is 6.07 Å². The van der Waals surface area contributed by atoms with E-state index in [1.165, 1.54) is 16.6 Å². The predicted octanol–water partition coefficient (Wildman–Crippen LogP) is 4.52. The molecular weight excluding hydrogens is 464 g/mol. The topological polar surface area (TPSA) is 93.5 Å². The van der Waals surface area contributed by atoms with Gasteiger partial charge in [0, 0.05) is 23.8 Å². The molecule has 0 aliphatic heterocycles. The van der Waals surface area contributed by atoms with Gasteiger partial charge in [-0.25, -0.2) is 13.1 Å². The molecule has 33 heavy (non-hydrogen) atoms. The van der Waals surface area contributed by atoms with Crippen LogP contribution in [0.15, 0.2) is 53.6 Å². The zero-order valence-corrected chi connectivity index (χ0v) is 20.6. The molecule has 1 amide bonds. The fraction of sp³-hybridized carbons (Fsp3) is 0.304. The van der Waals surface area contributed by atoms with Gasteiger partial charge in [-0.05, 0) is 50.2 Å². The molecule has 0 aliphatic carbocycles. The lowest BCUT2D eigenvalue weighted by molar-refractivity contribution is 0.102. The molecule has 0 saturated carbocycles. The van der Waals surface area contributed by atoms with Gasteiger partial charge >= 0.3 is 0 Å². The van der Waals surface area contributed by atoms with Gasteiger partial charge in [-0.15, -0.1) is 0 Å². The van der Waals surface area contributed by atoms with Crippen molar-refractivity contribution in [1.82, 2.24) is 14.1 Å². The van der Waals surface area contributed by atoms with Gasteiger partial charge in [-0.2, -0.15) is 9.40 Å². The van der Waals surface area contributed by atoms with Crippen LogP contribution in [0.5, 0.6) is 5.75 Å². The maximum atomic E-state index is 13.1. The number of hydrogen-bond acceptors (Lipinski definition) is 5. The molecule has 2 aromatic carbocycles. The lowest BCUT2D eigenvalue weighted by Gasteiger charge is -2.21. The van der Waals surface area contributed by atoms with Gasteiger partial charge in [0.15, 0.2) is 0 Å². The second kappa shape index (κ2) is 10.4. The smallest absolute Gasteiger partial charge is 0.259 e. The second-order valence-corrected chi connectivity index (χ2v) is 9.52. The second-order valence-electron chi connectivity index (χ2n) is 7.17. The number of nitrogens with one attached hydrogen (secondary N) is 1. The lowest BCUT2D eigenvalue weighted by Crippen LogP contribution is -2.31. The van der Waals surface area contributed by atoms with Crippen molar-refractivity contribution in [3.8, 4) is 11.4 Å². The molecule has 1 heterocycles. The van der Waals surface area contributed by atoms with Gasteiger partial charge in [0.05, 0.1) is 29.7 Å². The zero-order valence-electron chi connectivity index (χ0n) is 19.0. The van der Waals surface area contributed by atoms with Crippen LogP contribution in [0.3, 0.4) is 0 Å². The standard InChI is InChI=1S/C23H27ClN4O4S/c1-5-27(6-2)33(30,31)22-14-18(11-12-21(22)32-7-3)26-23(29)20-15-25-28(16(20)4)19-10-8-9-17(24)13-19/h8-15H,5-7H2,1-4H3,(H,26,29). The maximum Gasteiger partial charge on any atom is 0.259 e. The summed E-state index contributed by atoms with van der Waals surface area (Å²) in [4.78, 5) is 13.0. The van der Waals surface area contributed by atoms with E-state index in [9.17, 15) is 13.2 Å². The fourth-order valence-corrected chi connectivity index (χ4v) is 5.26. The Hall–Kier alpha value is -2.88. The van der Waals surface area contributed by atoms with E-state index in [2.05, 4.69) is 10.4 Å². The molecular formula is C23H27ClN4O4S. The Balaban J connectivity index is 1.93. The summed E-state index contributed by atoms with van der Waals surface area (Å²) < 4.78 is 34.8. The summed E-state index contributed by atoms with van der Waals surface area (Å²) in [6.45, 7) is 8.06. The van der Waals surface area contributed by atoms with Gasteiger partial charge in [-0.1, -0.05) is 31.5 Å². The molecule has 0 unspecified atom stereocenters. The molecule has 0 fully saturated rings. The number of carbonyl (C=O) groups is 1. The van der Waals surface area contributed by atoms with Crippen molar-refractivity contribution >= 4 is 33.2 Å². The molecule has 0 atom stereocenters. The van der Waals surface area contributed by atoms with Gasteiger partial charge in [-0.3, -0.25) is 4.79 Å². The number of sulfonamides is 1. The highest BCUT2D eigenvalue weighted by molar-refractivity contribution is 7.89. The number of nitrogens with zero attached hydrogens (tertiary/aromatic N) is 3. The van der Waals surface area contributed by atoms with Crippen LogP contribution in [0.1, 0.15) is 36.8 Å². The number of halogens is 1. The summed E-state index contributed by atoms with van der Waals surface area (Å²) in [6.07, 6.45) is 1.47. The number of amides is 1. The fourth-order valence-electron chi connectivity index (χ4n) is 3.46. The van der Waals surface area contributed by atoms with Gasteiger partial charge < -0.3 is 10.1 Å². The first kappa shape index (κ1) is 24.8. The largest absolute Gasteiger partial charge is 0.492 e. The quantitative estimate of drug-likeness (QED) is 0.476. The molecule has 0 radical (unpaired) electrons. The van der Waals surface area contributed by atoms with E-state index < -0.39 is 15.9 Å². The number of hydrogen-bond donors (Lipinski definition) is 1. The minimum absolute atomic E-state index is 0.0113. The third kappa shape index (κ3) is 5.21. The first-order chi connectivity index (χ1) is 15.7. The van der Waals surface area contributed by atoms with Crippen molar-refractivity contribution < 1.29 is 17.9 Å². The maximum absolute atomic E-state index is 13.1. The molecule has 0 spiro atoms. The number of carbonyl (C=O) groups excluding carboxylic acids is 1. The third-order valence-electron chi connectivity index (χ3n) is 5.13. The normalized spacial score (nSPS) is 11.6. The Bertz CT molecular complexity index is 1250. The molecule has 176 valence electrons. The van der Waals surface area contributed by atoms with Crippen LogP contribution in [0.2, 0.25) is 5.02 Å². The van der Waals surface area contributed by atoms with Crippen molar-refractivity contribution in [3.05, 3.63) is 64.9 Å². The van der Waals surface area contributed by atoms with E-state index in [0.29, 0.717) is 41.7 Å². The lowest BCUT2D eigenvalue weighted by atomic mass is 10.2. The molecule has 0 aliphatic rings. The van der Waals surface area contributed by atoms with E-state index in [1.54, 1.807) is 62.7 Å². The summed E-state index contributed by atoms with van der Waals surface area (Å²) >= 11 is 6.07. The number of anilines is 1. The first-order valence-electron chi connectivity index (χ1n) is 10.6. The summed E-state index contributed by atoms with van der Waals surface area (Å²) in [5, 5.41) is 7.64. The van der Waals surface area contributed by atoms with Crippen LogP contribution in [0.25, 0.3) is 5.69 Å². The highest BCUT2D eigenvalue weighted by Crippen LogP contribution is 2.30. The van der Waals surface area contributed by atoms with E-state index in [4.69, 9.17) is 16.3 Å². The summed E-state index contributed by atoms with van der Waals surface area (Å²) in [5.74, 6) is -0.163. The van der Waals surface area contributed by atoms with E-state index >= 15 is 0 Å². The monoisotopic (exact) mass is 490 g/mol. The molecule has 3 aromatic rings. The number of aromatic nitrogens is 2. The zero-order chi connectivity index (χ0) is 24.2. The SMILES string of the molecule is CCOc1ccc(NC(=O)c2cnn(-c3cccc(Cl)c3)c2C)cc1S(=O)(=O)N(CC)CC. The Labute approximate surface area is 199 Å². The molecule has 1 N–H and O–H groups in total. The molecule has 8 nitrogen and oxygen atoms in total. The van der Waals surface area contributed by atoms with E-state index in [0.717, 1.165) is 5.69 Å². The predicted molar refractivity (Wildman–Crippen MR) is 129 cm³/mol. The van der Waals surface area contributed by atoms with Crippen molar-refractivity contribution in [2.24, 2.45) is 0 Å². The average molecular weight is 491 g/mol. The molecule has 0 saturated heterocycles. The van der Waals surface area contributed by atoms with Crippen molar-refractivity contribution in [2.75, 3.05) is 25.0 Å². The van der Waals surface area contributed by atoms with Crippen LogP contribution < -0.4 is 10.1 Å². The number of rotatable bonds is 9. The number of ether oxygens (including phenoxy) is 1. The summed E-state index contributed by atoms with van der Waals surface area (Å²) in [7, 11) is -3.79. The van der Waals surface area contributed by atoms with Crippen molar-refractivity contribution in [3.63, 3.8) is 0 Å². The van der Waals surface area contributed by atoms with Gasteiger partial charge in [0.1, 0.15) is 10.6 Å². The van der Waals surface area contributed by atoms with Crippen LogP contribution >= 0.6 is 11.6 Å². The molecule has 0 bridgehead atoms. The highest BCUT2D eigenvalue weighted by Gasteiger charge is 2.26. The Morgan fingerprint density at radius 2 is 1.88 bits per heavy atom. The van der Waals surface area contributed by atoms with Crippen molar-refractivity contribution in [2.45, 2.75) is 32.6 Å². The van der Waals surface area contributed by atoms with Crippen LogP contribution in [0, 0.1) is 6.92 Å². The summed E-state index contributed by atoms with van der Waals surface area (Å²) in [5.41, 5.74) is 2.05. The molecule has 10 heteroatoms. The highest BCUT2D eigenvalue weighted by atomic mass is 35.5. The first-order valence-corrected chi connectivity index (χ1v) is 12.4. The minimum Gasteiger partial charge on any atom is -0.492 e. The van der Waals surface area contributed by atoms with Crippen molar-refractivity contribution in [1.29, 1.82) is 0 Å². The Morgan fingerprint density at radius 3 is 2.52 bits per heavy atom.